The first-order valence-corrected chi connectivity index (χ1v) is 6.73. The number of nitrogens with zero attached hydrogens (tertiary/aromatic N) is 2. The van der Waals surface area contributed by atoms with Crippen molar-refractivity contribution < 1.29 is 9.31 Å². The third-order valence-electron chi connectivity index (χ3n) is 3.13. The molecule has 0 bridgehead atoms. The lowest BCUT2D eigenvalue weighted by atomic mass is 10.0. The lowest BCUT2D eigenvalue weighted by Crippen LogP contribution is -2.57. The molecule has 2 rings (SSSR count). The second-order valence-electron chi connectivity index (χ2n) is 5.24. The number of nitrogens with one attached hydrogen (secondary N) is 1. The highest BCUT2D eigenvalue weighted by Crippen LogP contribution is 2.34. The zero-order valence-electron chi connectivity index (χ0n) is 10.7. The topological polar surface area (TPSA) is 58.4 Å². The Kier molecular flexibility index (Phi) is 3.78. The molecule has 0 spiro atoms. The molecule has 19 heavy (non-hydrogen) atoms. The van der Waals surface area contributed by atoms with Gasteiger partial charge in [0.15, 0.2) is 0 Å². The minimum atomic E-state index is -0.489. The number of benzene rings is 1. The van der Waals surface area contributed by atoms with Gasteiger partial charge < -0.3 is 10.2 Å². The number of piperazine rings is 1. The zero-order valence-corrected chi connectivity index (χ0v) is 12.3. The molecule has 0 unspecified atom stereocenters. The summed E-state index contributed by atoms with van der Waals surface area (Å²) in [5, 5.41) is 14.4. The SMILES string of the molecule is CC1(C)CN(c2cc(F)c(Br)cc2[N+](=O)[O-])CCN1. The standard InChI is InChI=1S/C12H15BrFN3O2/c1-12(2)7-16(4-3-15-12)10-6-9(14)8(13)5-11(10)17(18)19/h5-6,15H,3-4,7H2,1-2H3. The number of nitro groups is 1. The molecule has 104 valence electrons. The molecule has 1 aromatic carbocycles. The van der Waals surface area contributed by atoms with Crippen LogP contribution in [-0.2, 0) is 0 Å². The van der Waals surface area contributed by atoms with Crippen LogP contribution >= 0.6 is 15.9 Å². The Morgan fingerprint density at radius 1 is 1.53 bits per heavy atom. The van der Waals surface area contributed by atoms with Crippen molar-refractivity contribution in [3.8, 4) is 0 Å². The van der Waals surface area contributed by atoms with Gasteiger partial charge in [0.2, 0.25) is 0 Å². The van der Waals surface area contributed by atoms with Crippen molar-refractivity contribution in [1.29, 1.82) is 0 Å². The van der Waals surface area contributed by atoms with Gasteiger partial charge >= 0.3 is 0 Å². The van der Waals surface area contributed by atoms with Gasteiger partial charge in [0.1, 0.15) is 11.5 Å². The van der Waals surface area contributed by atoms with E-state index in [1.165, 1.54) is 12.1 Å². The van der Waals surface area contributed by atoms with E-state index in [2.05, 4.69) is 21.2 Å². The van der Waals surface area contributed by atoms with Crippen molar-refractivity contribution in [2.75, 3.05) is 24.5 Å². The summed E-state index contributed by atoms with van der Waals surface area (Å²) in [5.74, 6) is -0.489. The van der Waals surface area contributed by atoms with Gasteiger partial charge in [-0.15, -0.1) is 0 Å². The second kappa shape index (κ2) is 5.05. The van der Waals surface area contributed by atoms with Crippen molar-refractivity contribution in [1.82, 2.24) is 5.32 Å². The molecule has 1 aliphatic heterocycles. The summed E-state index contributed by atoms with van der Waals surface area (Å²) >= 11 is 2.98. The Hall–Kier alpha value is -1.21. The van der Waals surface area contributed by atoms with E-state index in [0.717, 1.165) is 0 Å². The first-order chi connectivity index (χ1) is 8.80. The van der Waals surface area contributed by atoms with Gasteiger partial charge in [-0.25, -0.2) is 4.39 Å². The summed E-state index contributed by atoms with van der Waals surface area (Å²) in [7, 11) is 0. The Balaban J connectivity index is 2.43. The zero-order chi connectivity index (χ0) is 14.2. The maximum Gasteiger partial charge on any atom is 0.293 e. The highest BCUT2D eigenvalue weighted by Gasteiger charge is 2.30. The predicted octanol–water partition coefficient (Wildman–Crippen LogP) is 2.68. The molecule has 7 heteroatoms. The van der Waals surface area contributed by atoms with E-state index >= 15 is 0 Å². The van der Waals surface area contributed by atoms with Crippen LogP contribution in [0, 0.1) is 15.9 Å². The maximum absolute atomic E-state index is 13.7. The number of rotatable bonds is 2. The summed E-state index contributed by atoms with van der Waals surface area (Å²) < 4.78 is 13.8. The summed E-state index contributed by atoms with van der Waals surface area (Å²) in [6.45, 7) is 5.95. The van der Waals surface area contributed by atoms with Crippen LogP contribution in [0.15, 0.2) is 16.6 Å². The Morgan fingerprint density at radius 2 is 2.21 bits per heavy atom. The summed E-state index contributed by atoms with van der Waals surface area (Å²) in [6.07, 6.45) is 0. The van der Waals surface area contributed by atoms with Crippen molar-refractivity contribution >= 4 is 27.3 Å². The Bertz CT molecular complexity index is 522. The van der Waals surface area contributed by atoms with Crippen LogP contribution in [-0.4, -0.2) is 30.1 Å². The van der Waals surface area contributed by atoms with E-state index in [9.17, 15) is 14.5 Å². The van der Waals surface area contributed by atoms with Gasteiger partial charge in [-0.2, -0.15) is 0 Å². The molecule has 0 atom stereocenters. The third-order valence-corrected chi connectivity index (χ3v) is 3.73. The molecule has 0 radical (unpaired) electrons. The monoisotopic (exact) mass is 331 g/mol. The molecule has 1 saturated heterocycles. The molecule has 1 heterocycles. The van der Waals surface area contributed by atoms with Crippen molar-refractivity contribution in [2.24, 2.45) is 0 Å². The number of halogens is 2. The quantitative estimate of drug-likeness (QED) is 0.668. The molecular weight excluding hydrogens is 317 g/mol. The van der Waals surface area contributed by atoms with Crippen LogP contribution in [0.4, 0.5) is 15.8 Å². The fraction of sp³-hybridized carbons (Fsp3) is 0.500. The molecule has 0 amide bonds. The molecule has 0 saturated carbocycles. The van der Waals surface area contributed by atoms with E-state index < -0.39 is 10.7 Å². The van der Waals surface area contributed by atoms with Crippen LogP contribution in [0.3, 0.4) is 0 Å². The van der Waals surface area contributed by atoms with E-state index in [1.54, 1.807) is 0 Å². The lowest BCUT2D eigenvalue weighted by molar-refractivity contribution is -0.384. The fourth-order valence-electron chi connectivity index (χ4n) is 2.27. The van der Waals surface area contributed by atoms with E-state index in [-0.39, 0.29) is 15.7 Å². The number of hydrogen-bond acceptors (Lipinski definition) is 4. The summed E-state index contributed by atoms with van der Waals surface area (Å²) in [5.41, 5.74) is 0.0987. The number of anilines is 1. The van der Waals surface area contributed by atoms with Gasteiger partial charge in [-0.1, -0.05) is 0 Å². The average molecular weight is 332 g/mol. The van der Waals surface area contributed by atoms with E-state index in [0.29, 0.717) is 25.3 Å². The van der Waals surface area contributed by atoms with Gasteiger partial charge in [0.25, 0.3) is 5.69 Å². The number of hydrogen-bond donors (Lipinski definition) is 1. The van der Waals surface area contributed by atoms with Gasteiger partial charge in [0, 0.05) is 37.3 Å². The smallest absolute Gasteiger partial charge is 0.293 e. The molecular formula is C12H15BrFN3O2. The largest absolute Gasteiger partial charge is 0.363 e. The summed E-state index contributed by atoms with van der Waals surface area (Å²) in [6, 6.07) is 2.45. The van der Waals surface area contributed by atoms with Gasteiger partial charge in [-0.3, -0.25) is 10.1 Å². The van der Waals surface area contributed by atoms with Gasteiger partial charge in [-0.05, 0) is 29.8 Å². The predicted molar refractivity (Wildman–Crippen MR) is 75.0 cm³/mol. The third kappa shape index (κ3) is 3.03. The fourth-order valence-corrected chi connectivity index (χ4v) is 2.60. The summed E-state index contributed by atoms with van der Waals surface area (Å²) in [4.78, 5) is 12.5. The van der Waals surface area contributed by atoms with E-state index in [4.69, 9.17) is 0 Å². The van der Waals surface area contributed by atoms with Crippen molar-refractivity contribution in [3.05, 3.63) is 32.5 Å². The second-order valence-corrected chi connectivity index (χ2v) is 6.10. The molecule has 1 fully saturated rings. The first kappa shape index (κ1) is 14.2. The molecule has 1 N–H and O–H groups in total. The molecule has 0 aromatic heterocycles. The van der Waals surface area contributed by atoms with Crippen LogP contribution < -0.4 is 10.2 Å². The van der Waals surface area contributed by atoms with Crippen LogP contribution in [0.5, 0.6) is 0 Å². The minimum Gasteiger partial charge on any atom is -0.363 e. The normalized spacial score (nSPS) is 18.4. The highest BCUT2D eigenvalue weighted by atomic mass is 79.9. The molecule has 5 nitrogen and oxygen atoms in total. The highest BCUT2D eigenvalue weighted by molar-refractivity contribution is 9.10. The minimum absolute atomic E-state index is 0.0778. The Labute approximate surface area is 119 Å². The van der Waals surface area contributed by atoms with Crippen molar-refractivity contribution in [2.45, 2.75) is 19.4 Å². The first-order valence-electron chi connectivity index (χ1n) is 5.93. The molecule has 0 aliphatic carbocycles. The molecule has 1 aliphatic rings. The molecule has 1 aromatic rings. The van der Waals surface area contributed by atoms with Crippen LogP contribution in [0.2, 0.25) is 0 Å². The Morgan fingerprint density at radius 3 is 2.79 bits per heavy atom. The maximum atomic E-state index is 13.7. The number of nitro benzene ring substituents is 1. The van der Waals surface area contributed by atoms with Crippen LogP contribution in [0.25, 0.3) is 0 Å². The van der Waals surface area contributed by atoms with E-state index in [1.807, 2.05) is 18.7 Å². The van der Waals surface area contributed by atoms with Gasteiger partial charge in [0.05, 0.1) is 9.40 Å². The average Bonchev–Trinajstić information content (AvgIpc) is 2.30. The van der Waals surface area contributed by atoms with Crippen molar-refractivity contribution in [3.63, 3.8) is 0 Å². The lowest BCUT2D eigenvalue weighted by Gasteiger charge is -2.40. The van der Waals surface area contributed by atoms with Crippen LogP contribution in [0.1, 0.15) is 13.8 Å².